The molecule has 0 saturated carbocycles. The quantitative estimate of drug-likeness (QED) is 0.902. The van der Waals surface area contributed by atoms with Gasteiger partial charge in [0, 0.05) is 31.0 Å². The minimum absolute atomic E-state index is 0.102. The normalized spacial score (nSPS) is 27.0. The maximum Gasteiger partial charge on any atom is 0.254 e. The van der Waals surface area contributed by atoms with Crippen molar-refractivity contribution in [2.75, 3.05) is 13.1 Å². The van der Waals surface area contributed by atoms with Crippen LogP contribution in [-0.2, 0) is 0 Å². The van der Waals surface area contributed by atoms with Gasteiger partial charge >= 0.3 is 0 Å². The first-order valence-corrected chi connectivity index (χ1v) is 7.26. The lowest BCUT2D eigenvalue weighted by Crippen LogP contribution is -2.47. The summed E-state index contributed by atoms with van der Waals surface area (Å²) < 4.78 is 0. The van der Waals surface area contributed by atoms with E-state index in [1.54, 1.807) is 12.3 Å². The number of fused-ring (bicyclic) bond motifs is 1. The van der Waals surface area contributed by atoms with E-state index in [1.807, 2.05) is 0 Å². The van der Waals surface area contributed by atoms with Crippen molar-refractivity contribution in [3.8, 4) is 0 Å². The number of aromatic nitrogens is 1. The fourth-order valence-corrected chi connectivity index (χ4v) is 3.35. The molecule has 2 saturated heterocycles. The molecule has 2 unspecified atom stereocenters. The molecule has 2 fully saturated rings. The Balaban J connectivity index is 1.62. The number of rotatable bonds is 2. The number of halogens is 1. The second kappa shape index (κ2) is 5.47. The molecule has 2 aliphatic heterocycles. The van der Waals surface area contributed by atoms with E-state index in [9.17, 15) is 4.79 Å². The Morgan fingerprint density at radius 2 is 2.32 bits per heavy atom. The van der Waals surface area contributed by atoms with Crippen LogP contribution in [0.3, 0.4) is 0 Å². The standard InChI is InChI=1S/C14H18ClN3O/c15-13-3-5-16-9-12(13)14(19)17-10-4-7-18-6-1-2-11(18)8-10/h3,5,9-11H,1-2,4,6-8H2,(H,17,19). The molecule has 5 heteroatoms. The highest BCUT2D eigenvalue weighted by molar-refractivity contribution is 6.33. The van der Waals surface area contributed by atoms with Crippen LogP contribution in [0, 0.1) is 0 Å². The Morgan fingerprint density at radius 1 is 1.42 bits per heavy atom. The van der Waals surface area contributed by atoms with Gasteiger partial charge in [0.25, 0.3) is 5.91 Å². The topological polar surface area (TPSA) is 45.2 Å². The fraction of sp³-hybridized carbons (Fsp3) is 0.571. The zero-order chi connectivity index (χ0) is 13.2. The number of carbonyl (C=O) groups excluding carboxylic acids is 1. The number of nitrogens with zero attached hydrogens (tertiary/aromatic N) is 2. The first-order valence-electron chi connectivity index (χ1n) is 6.88. The monoisotopic (exact) mass is 279 g/mol. The van der Waals surface area contributed by atoms with Crippen molar-refractivity contribution >= 4 is 17.5 Å². The third-order valence-corrected chi connectivity index (χ3v) is 4.50. The van der Waals surface area contributed by atoms with Gasteiger partial charge in [-0.25, -0.2) is 0 Å². The minimum Gasteiger partial charge on any atom is -0.349 e. The molecule has 2 aliphatic rings. The Hall–Kier alpha value is -1.13. The number of pyridine rings is 1. The highest BCUT2D eigenvalue weighted by Crippen LogP contribution is 2.27. The molecule has 0 bridgehead atoms. The first kappa shape index (κ1) is 12.9. The SMILES string of the molecule is O=C(NC1CCN2CCCC2C1)c1cnccc1Cl. The molecule has 0 aromatic carbocycles. The third-order valence-electron chi connectivity index (χ3n) is 4.17. The van der Waals surface area contributed by atoms with E-state index in [4.69, 9.17) is 11.6 Å². The molecule has 1 amide bonds. The lowest BCUT2D eigenvalue weighted by molar-refractivity contribution is 0.0896. The molecule has 3 rings (SSSR count). The molecule has 102 valence electrons. The predicted octanol–water partition coefficient (Wildman–Crippen LogP) is 2.09. The molecule has 0 aliphatic carbocycles. The number of piperidine rings is 1. The van der Waals surface area contributed by atoms with Gasteiger partial charge in [-0.1, -0.05) is 11.6 Å². The minimum atomic E-state index is -0.102. The van der Waals surface area contributed by atoms with Gasteiger partial charge in [-0.2, -0.15) is 0 Å². The first-order chi connectivity index (χ1) is 9.24. The second-order valence-corrected chi connectivity index (χ2v) is 5.79. The molecule has 1 aromatic rings. The maximum absolute atomic E-state index is 12.2. The van der Waals surface area contributed by atoms with Crippen molar-refractivity contribution in [1.82, 2.24) is 15.2 Å². The van der Waals surface area contributed by atoms with E-state index >= 15 is 0 Å². The van der Waals surface area contributed by atoms with Crippen LogP contribution in [0.4, 0.5) is 0 Å². The van der Waals surface area contributed by atoms with Crippen molar-refractivity contribution in [3.05, 3.63) is 29.0 Å². The molecule has 19 heavy (non-hydrogen) atoms. The van der Waals surface area contributed by atoms with E-state index in [0.717, 1.165) is 19.4 Å². The zero-order valence-corrected chi connectivity index (χ0v) is 11.6. The fourth-order valence-electron chi connectivity index (χ4n) is 3.16. The number of carbonyl (C=O) groups is 1. The third kappa shape index (κ3) is 2.74. The summed E-state index contributed by atoms with van der Waals surface area (Å²) in [6, 6.07) is 2.57. The largest absolute Gasteiger partial charge is 0.349 e. The Kier molecular flexibility index (Phi) is 3.71. The van der Waals surface area contributed by atoms with E-state index < -0.39 is 0 Å². The summed E-state index contributed by atoms with van der Waals surface area (Å²) in [4.78, 5) is 18.7. The summed E-state index contributed by atoms with van der Waals surface area (Å²) in [6.07, 6.45) is 7.77. The molecular weight excluding hydrogens is 262 g/mol. The lowest BCUT2D eigenvalue weighted by atomic mass is 9.97. The summed E-state index contributed by atoms with van der Waals surface area (Å²) in [7, 11) is 0. The number of nitrogens with one attached hydrogen (secondary N) is 1. The van der Waals surface area contributed by atoms with Gasteiger partial charge in [-0.3, -0.25) is 9.78 Å². The average molecular weight is 280 g/mol. The summed E-state index contributed by atoms with van der Waals surface area (Å²) in [5.74, 6) is -0.102. The van der Waals surface area contributed by atoms with Crippen LogP contribution >= 0.6 is 11.6 Å². The predicted molar refractivity (Wildman–Crippen MR) is 74.3 cm³/mol. The molecule has 1 aromatic heterocycles. The van der Waals surface area contributed by atoms with Crippen molar-refractivity contribution in [1.29, 1.82) is 0 Å². The number of hydrogen-bond donors (Lipinski definition) is 1. The lowest BCUT2D eigenvalue weighted by Gasteiger charge is -2.35. The Labute approximate surface area is 118 Å². The molecule has 0 spiro atoms. The summed E-state index contributed by atoms with van der Waals surface area (Å²) >= 11 is 6.02. The summed E-state index contributed by atoms with van der Waals surface area (Å²) in [5.41, 5.74) is 0.470. The van der Waals surface area contributed by atoms with Gasteiger partial charge in [0.1, 0.15) is 0 Å². The highest BCUT2D eigenvalue weighted by atomic mass is 35.5. The molecule has 2 atom stereocenters. The Bertz CT molecular complexity index is 480. The van der Waals surface area contributed by atoms with Crippen LogP contribution in [0.5, 0.6) is 0 Å². The summed E-state index contributed by atoms with van der Waals surface area (Å²) in [5, 5.41) is 3.56. The number of amides is 1. The van der Waals surface area contributed by atoms with Crippen LogP contribution in [0.25, 0.3) is 0 Å². The zero-order valence-electron chi connectivity index (χ0n) is 10.8. The van der Waals surface area contributed by atoms with E-state index in [2.05, 4.69) is 15.2 Å². The molecular formula is C14H18ClN3O. The van der Waals surface area contributed by atoms with Crippen LogP contribution < -0.4 is 5.32 Å². The smallest absolute Gasteiger partial charge is 0.254 e. The molecule has 1 N–H and O–H groups in total. The second-order valence-electron chi connectivity index (χ2n) is 5.38. The van der Waals surface area contributed by atoms with Crippen LogP contribution in [0.2, 0.25) is 5.02 Å². The van der Waals surface area contributed by atoms with Gasteiger partial charge in [-0.15, -0.1) is 0 Å². The van der Waals surface area contributed by atoms with E-state index in [0.29, 0.717) is 16.6 Å². The van der Waals surface area contributed by atoms with Crippen molar-refractivity contribution in [3.63, 3.8) is 0 Å². The van der Waals surface area contributed by atoms with Gasteiger partial charge in [0.15, 0.2) is 0 Å². The highest BCUT2D eigenvalue weighted by Gasteiger charge is 2.32. The van der Waals surface area contributed by atoms with Crippen molar-refractivity contribution in [2.45, 2.75) is 37.8 Å². The molecule has 0 radical (unpaired) electrons. The Morgan fingerprint density at radius 3 is 3.16 bits per heavy atom. The van der Waals surface area contributed by atoms with Gasteiger partial charge in [0.2, 0.25) is 0 Å². The van der Waals surface area contributed by atoms with E-state index in [-0.39, 0.29) is 11.9 Å². The molecule has 4 nitrogen and oxygen atoms in total. The average Bonchev–Trinajstić information content (AvgIpc) is 2.86. The van der Waals surface area contributed by atoms with Gasteiger partial charge in [0.05, 0.1) is 10.6 Å². The summed E-state index contributed by atoms with van der Waals surface area (Å²) in [6.45, 7) is 2.32. The van der Waals surface area contributed by atoms with Crippen LogP contribution in [0.15, 0.2) is 18.5 Å². The van der Waals surface area contributed by atoms with Gasteiger partial charge in [-0.05, 0) is 38.3 Å². The van der Waals surface area contributed by atoms with Crippen molar-refractivity contribution < 1.29 is 4.79 Å². The van der Waals surface area contributed by atoms with Crippen LogP contribution in [-0.4, -0.2) is 41.0 Å². The molecule has 3 heterocycles. The maximum atomic E-state index is 12.2. The van der Waals surface area contributed by atoms with Crippen molar-refractivity contribution in [2.24, 2.45) is 0 Å². The number of hydrogen-bond acceptors (Lipinski definition) is 3. The van der Waals surface area contributed by atoms with Crippen LogP contribution in [0.1, 0.15) is 36.0 Å². The van der Waals surface area contributed by atoms with E-state index in [1.165, 1.54) is 25.6 Å². The van der Waals surface area contributed by atoms with Gasteiger partial charge < -0.3 is 10.2 Å².